The van der Waals surface area contributed by atoms with Gasteiger partial charge in [0, 0.05) is 7.05 Å². The number of hydrogen-bond acceptors (Lipinski definition) is 3. The molecular weight excluding hydrogens is 241 g/mol. The lowest BCUT2D eigenvalue weighted by atomic mass is 10.2. The van der Waals surface area contributed by atoms with E-state index in [0.717, 1.165) is 11.0 Å². The van der Waals surface area contributed by atoms with Gasteiger partial charge in [0.15, 0.2) is 0 Å². The molecule has 0 unspecified atom stereocenters. The number of carbonyl (C=O) groups is 2. The summed E-state index contributed by atoms with van der Waals surface area (Å²) >= 11 is 0. The Morgan fingerprint density at radius 2 is 2.22 bits per heavy atom. The van der Waals surface area contributed by atoms with Crippen LogP contribution in [-0.2, 0) is 4.79 Å². The summed E-state index contributed by atoms with van der Waals surface area (Å²) in [4.78, 5) is 22.9. The number of anilines is 1. The first-order valence-electron chi connectivity index (χ1n) is 4.88. The van der Waals surface area contributed by atoms with Gasteiger partial charge in [0.05, 0.1) is 5.69 Å². The zero-order chi connectivity index (χ0) is 13.7. The summed E-state index contributed by atoms with van der Waals surface area (Å²) in [5.41, 5.74) is -0.297. The molecule has 0 spiro atoms. The average molecular weight is 251 g/mol. The van der Waals surface area contributed by atoms with Crippen LogP contribution in [0.5, 0.6) is 0 Å². The number of carbonyl (C=O) groups excluding carboxylic acids is 1. The Kier molecular flexibility index (Phi) is 4.21. The number of nitriles is 1. The van der Waals surface area contributed by atoms with E-state index in [9.17, 15) is 14.0 Å². The molecule has 0 aliphatic carbocycles. The summed E-state index contributed by atoms with van der Waals surface area (Å²) in [6.45, 7) is -0.497. The molecule has 94 valence electrons. The van der Waals surface area contributed by atoms with E-state index < -0.39 is 24.4 Å². The molecule has 2 amide bonds. The minimum atomic E-state index is -1.17. The van der Waals surface area contributed by atoms with Gasteiger partial charge in [-0.3, -0.25) is 4.79 Å². The van der Waals surface area contributed by atoms with Crippen molar-refractivity contribution in [2.45, 2.75) is 0 Å². The van der Waals surface area contributed by atoms with Crippen molar-refractivity contribution in [1.82, 2.24) is 4.90 Å². The molecule has 1 aromatic carbocycles. The minimum absolute atomic E-state index is 0.000242. The number of benzene rings is 1. The lowest BCUT2D eigenvalue weighted by molar-refractivity contribution is -0.137. The van der Waals surface area contributed by atoms with Crippen molar-refractivity contribution in [3.63, 3.8) is 0 Å². The molecule has 0 aromatic heterocycles. The Morgan fingerprint density at radius 3 is 2.78 bits per heavy atom. The zero-order valence-corrected chi connectivity index (χ0v) is 9.48. The number of nitrogens with zero attached hydrogens (tertiary/aromatic N) is 2. The fourth-order valence-electron chi connectivity index (χ4n) is 1.23. The smallest absolute Gasteiger partial charge is 0.323 e. The van der Waals surface area contributed by atoms with E-state index in [0.29, 0.717) is 0 Å². The van der Waals surface area contributed by atoms with Crippen LogP contribution < -0.4 is 5.32 Å². The molecule has 0 aliphatic rings. The van der Waals surface area contributed by atoms with Crippen LogP contribution in [-0.4, -0.2) is 35.6 Å². The number of carboxylic acids is 1. The van der Waals surface area contributed by atoms with Crippen LogP contribution in [0.1, 0.15) is 5.56 Å². The van der Waals surface area contributed by atoms with Crippen LogP contribution in [0.25, 0.3) is 0 Å². The van der Waals surface area contributed by atoms with E-state index in [4.69, 9.17) is 10.4 Å². The maximum absolute atomic E-state index is 13.2. The molecule has 0 aliphatic heterocycles. The van der Waals surface area contributed by atoms with Crippen molar-refractivity contribution < 1.29 is 19.1 Å². The van der Waals surface area contributed by atoms with Gasteiger partial charge in [-0.05, 0) is 12.1 Å². The summed E-state index contributed by atoms with van der Waals surface area (Å²) in [7, 11) is 1.27. The molecule has 0 radical (unpaired) electrons. The molecule has 18 heavy (non-hydrogen) atoms. The van der Waals surface area contributed by atoms with Crippen molar-refractivity contribution in [2.24, 2.45) is 0 Å². The molecule has 0 saturated heterocycles. The van der Waals surface area contributed by atoms with Crippen LogP contribution in [0.3, 0.4) is 0 Å². The average Bonchev–Trinajstić information content (AvgIpc) is 2.28. The lowest BCUT2D eigenvalue weighted by Gasteiger charge is -2.16. The van der Waals surface area contributed by atoms with Crippen molar-refractivity contribution in [3.05, 3.63) is 29.6 Å². The van der Waals surface area contributed by atoms with E-state index in [1.807, 2.05) is 0 Å². The first-order chi connectivity index (χ1) is 8.45. The van der Waals surface area contributed by atoms with Crippen molar-refractivity contribution in [2.75, 3.05) is 18.9 Å². The number of nitrogens with one attached hydrogen (secondary N) is 1. The van der Waals surface area contributed by atoms with Gasteiger partial charge >= 0.3 is 12.0 Å². The first kappa shape index (κ1) is 13.4. The van der Waals surface area contributed by atoms with Crippen molar-refractivity contribution >= 4 is 17.7 Å². The Balaban J connectivity index is 2.86. The normalized spacial score (nSPS) is 9.39. The second-order valence-corrected chi connectivity index (χ2v) is 3.45. The molecule has 2 N–H and O–H groups in total. The van der Waals surface area contributed by atoms with Crippen LogP contribution >= 0.6 is 0 Å². The molecule has 0 bridgehead atoms. The number of aliphatic carboxylic acids is 1. The summed E-state index contributed by atoms with van der Waals surface area (Å²) in [6.07, 6.45) is 0. The van der Waals surface area contributed by atoms with Gasteiger partial charge in [-0.15, -0.1) is 0 Å². The highest BCUT2D eigenvalue weighted by Gasteiger charge is 2.15. The maximum Gasteiger partial charge on any atom is 0.323 e. The van der Waals surface area contributed by atoms with Gasteiger partial charge in [0.2, 0.25) is 0 Å². The van der Waals surface area contributed by atoms with Crippen LogP contribution in [0.2, 0.25) is 0 Å². The number of urea groups is 1. The number of amides is 2. The summed E-state index contributed by atoms with van der Waals surface area (Å²) in [5, 5.41) is 19.5. The number of carboxylic acid groups (broad SMARTS) is 1. The largest absolute Gasteiger partial charge is 0.480 e. The van der Waals surface area contributed by atoms with Gasteiger partial charge < -0.3 is 15.3 Å². The van der Waals surface area contributed by atoms with E-state index >= 15 is 0 Å². The Hall–Kier alpha value is -2.62. The van der Waals surface area contributed by atoms with Gasteiger partial charge in [-0.1, -0.05) is 6.07 Å². The molecule has 1 rings (SSSR count). The molecular formula is C11H10FN3O3. The minimum Gasteiger partial charge on any atom is -0.480 e. The predicted molar refractivity (Wildman–Crippen MR) is 60.4 cm³/mol. The quantitative estimate of drug-likeness (QED) is 0.845. The van der Waals surface area contributed by atoms with Gasteiger partial charge in [-0.2, -0.15) is 5.26 Å². The fraction of sp³-hybridized carbons (Fsp3) is 0.182. The lowest BCUT2D eigenvalue weighted by Crippen LogP contribution is -2.35. The van der Waals surface area contributed by atoms with Crippen molar-refractivity contribution in [3.8, 4) is 6.07 Å². The van der Waals surface area contributed by atoms with Gasteiger partial charge in [0.25, 0.3) is 0 Å². The standard InChI is InChI=1S/C11H10FN3O3/c1-15(6-10(16)17)11(18)14-9-4-2-3-8(12)7(9)5-13/h2-4H,6H2,1H3,(H,14,18)(H,16,17). The van der Waals surface area contributed by atoms with E-state index in [1.165, 1.54) is 19.2 Å². The summed E-state index contributed by atoms with van der Waals surface area (Å²) in [6, 6.07) is 4.67. The summed E-state index contributed by atoms with van der Waals surface area (Å²) < 4.78 is 13.2. The third-order valence-electron chi connectivity index (χ3n) is 2.09. The Bertz CT molecular complexity index is 525. The monoisotopic (exact) mass is 251 g/mol. The number of halogens is 1. The molecule has 0 fully saturated rings. The summed E-state index contributed by atoms with van der Waals surface area (Å²) in [5.74, 6) is -1.93. The van der Waals surface area contributed by atoms with E-state index in [-0.39, 0.29) is 11.3 Å². The van der Waals surface area contributed by atoms with Gasteiger partial charge in [0.1, 0.15) is 24.0 Å². The number of rotatable bonds is 3. The Labute approximate surface area is 102 Å². The molecule has 1 aromatic rings. The Morgan fingerprint density at radius 1 is 1.56 bits per heavy atom. The molecule has 0 saturated carbocycles. The fourth-order valence-corrected chi connectivity index (χ4v) is 1.23. The van der Waals surface area contributed by atoms with Crippen LogP contribution in [0.15, 0.2) is 18.2 Å². The van der Waals surface area contributed by atoms with Crippen LogP contribution in [0, 0.1) is 17.1 Å². The van der Waals surface area contributed by atoms with Crippen molar-refractivity contribution in [1.29, 1.82) is 5.26 Å². The number of likely N-dealkylation sites (N-methyl/N-ethyl adjacent to an activating group) is 1. The predicted octanol–water partition coefficient (Wildman–Crippen LogP) is 1.25. The topological polar surface area (TPSA) is 93.4 Å². The molecule has 0 atom stereocenters. The highest BCUT2D eigenvalue weighted by atomic mass is 19.1. The highest BCUT2D eigenvalue weighted by Crippen LogP contribution is 2.17. The number of hydrogen-bond donors (Lipinski definition) is 2. The zero-order valence-electron chi connectivity index (χ0n) is 9.48. The van der Waals surface area contributed by atoms with E-state index in [2.05, 4.69) is 5.32 Å². The molecule has 6 nitrogen and oxygen atoms in total. The molecule has 0 heterocycles. The van der Waals surface area contributed by atoms with E-state index in [1.54, 1.807) is 6.07 Å². The van der Waals surface area contributed by atoms with Gasteiger partial charge in [-0.25, -0.2) is 9.18 Å². The second-order valence-electron chi connectivity index (χ2n) is 3.45. The van der Waals surface area contributed by atoms with Crippen LogP contribution in [0.4, 0.5) is 14.9 Å². The highest BCUT2D eigenvalue weighted by molar-refractivity contribution is 5.92. The second kappa shape index (κ2) is 5.63. The first-order valence-corrected chi connectivity index (χ1v) is 4.88. The molecule has 7 heteroatoms. The third kappa shape index (κ3) is 3.18. The SMILES string of the molecule is CN(CC(=O)O)C(=O)Nc1cccc(F)c1C#N. The third-order valence-corrected chi connectivity index (χ3v) is 2.09. The maximum atomic E-state index is 13.2.